The first-order valence-corrected chi connectivity index (χ1v) is 4.01. The molecule has 1 N–H and O–H groups in total. The van der Waals surface area contributed by atoms with Crippen LogP contribution in [0.5, 0.6) is 0 Å². The summed E-state index contributed by atoms with van der Waals surface area (Å²) in [6.45, 7) is 5.81. The minimum absolute atomic E-state index is 0.0567. The van der Waals surface area contributed by atoms with Crippen LogP contribution >= 0.6 is 0 Å². The van der Waals surface area contributed by atoms with Gasteiger partial charge in [-0.05, 0) is 20.8 Å². The van der Waals surface area contributed by atoms with Crippen LogP contribution in [0.4, 0.5) is 0 Å². The Bertz CT molecular complexity index is 178. The molecule has 0 radical (unpaired) electrons. The van der Waals surface area contributed by atoms with Gasteiger partial charge in [-0.2, -0.15) is 0 Å². The van der Waals surface area contributed by atoms with E-state index in [1.807, 2.05) is 13.8 Å². The molecule has 0 bridgehead atoms. The van der Waals surface area contributed by atoms with Gasteiger partial charge < -0.3 is 9.84 Å². The molecule has 0 saturated carbocycles. The third-order valence-electron chi connectivity index (χ3n) is 1.59. The van der Waals surface area contributed by atoms with E-state index in [9.17, 15) is 4.79 Å². The first kappa shape index (κ1) is 11.2. The van der Waals surface area contributed by atoms with Crippen LogP contribution in [-0.2, 0) is 9.53 Å². The molecule has 0 aromatic heterocycles. The lowest BCUT2D eigenvalue weighted by Gasteiger charge is -2.04. The molecular formula is C9H16O3. The Morgan fingerprint density at radius 1 is 1.33 bits per heavy atom. The highest BCUT2D eigenvalue weighted by atomic mass is 16.5. The summed E-state index contributed by atoms with van der Waals surface area (Å²) >= 11 is 0. The molecule has 12 heavy (non-hydrogen) atoms. The third-order valence-corrected chi connectivity index (χ3v) is 1.59. The number of aliphatic hydroxyl groups excluding tert-OH is 1. The summed E-state index contributed by atoms with van der Waals surface area (Å²) in [4.78, 5) is 11.1. The Hall–Kier alpha value is -0.830. The molecule has 0 amide bonds. The fourth-order valence-electron chi connectivity index (χ4n) is 0.542. The van der Waals surface area contributed by atoms with Crippen LogP contribution in [0.15, 0.2) is 11.1 Å². The number of carbonyl (C=O) groups excluding carboxylic acids is 1. The highest BCUT2D eigenvalue weighted by molar-refractivity contribution is 5.88. The number of carbonyl (C=O) groups is 1. The van der Waals surface area contributed by atoms with Crippen molar-refractivity contribution in [3.8, 4) is 0 Å². The summed E-state index contributed by atoms with van der Waals surface area (Å²) in [5.41, 5.74) is 1.61. The topological polar surface area (TPSA) is 46.5 Å². The van der Waals surface area contributed by atoms with E-state index in [-0.39, 0.29) is 12.6 Å². The largest absolute Gasteiger partial charge is 0.462 e. The molecular weight excluding hydrogens is 156 g/mol. The molecule has 0 aromatic carbocycles. The fourth-order valence-corrected chi connectivity index (χ4v) is 0.542. The smallest absolute Gasteiger partial charge is 0.333 e. The number of hydrogen-bond acceptors (Lipinski definition) is 3. The number of hydrogen-bond donors (Lipinski definition) is 1. The fraction of sp³-hybridized carbons (Fsp3) is 0.667. The summed E-state index contributed by atoms with van der Waals surface area (Å²) in [5, 5.41) is 8.42. The van der Waals surface area contributed by atoms with E-state index in [0.717, 1.165) is 5.57 Å². The van der Waals surface area contributed by atoms with Gasteiger partial charge in [-0.15, -0.1) is 0 Å². The van der Waals surface area contributed by atoms with Crippen LogP contribution in [0.3, 0.4) is 0 Å². The van der Waals surface area contributed by atoms with Crippen LogP contribution in [-0.4, -0.2) is 24.3 Å². The van der Waals surface area contributed by atoms with Crippen LogP contribution in [0.1, 0.15) is 27.2 Å². The first-order valence-electron chi connectivity index (χ1n) is 4.01. The van der Waals surface area contributed by atoms with Crippen molar-refractivity contribution < 1.29 is 14.6 Å². The van der Waals surface area contributed by atoms with Crippen molar-refractivity contribution in [2.45, 2.75) is 27.2 Å². The van der Waals surface area contributed by atoms with Gasteiger partial charge >= 0.3 is 5.97 Å². The van der Waals surface area contributed by atoms with Crippen molar-refractivity contribution in [2.75, 3.05) is 13.2 Å². The lowest BCUT2D eigenvalue weighted by Crippen LogP contribution is -2.08. The quantitative estimate of drug-likeness (QED) is 0.394. The zero-order valence-corrected chi connectivity index (χ0v) is 7.89. The molecule has 0 heterocycles. The zero-order valence-electron chi connectivity index (χ0n) is 7.89. The summed E-state index contributed by atoms with van der Waals surface area (Å²) < 4.78 is 4.85. The van der Waals surface area contributed by atoms with E-state index in [0.29, 0.717) is 18.6 Å². The molecule has 0 aliphatic rings. The van der Waals surface area contributed by atoms with Crippen LogP contribution in [0, 0.1) is 0 Å². The molecule has 0 aliphatic carbocycles. The van der Waals surface area contributed by atoms with Crippen LogP contribution in [0.25, 0.3) is 0 Å². The maximum absolute atomic E-state index is 11.1. The van der Waals surface area contributed by atoms with E-state index in [2.05, 4.69) is 0 Å². The highest BCUT2D eigenvalue weighted by Crippen LogP contribution is 2.03. The lowest BCUT2D eigenvalue weighted by atomic mass is 10.2. The molecule has 0 unspecified atom stereocenters. The van der Waals surface area contributed by atoms with Crippen LogP contribution < -0.4 is 0 Å². The molecule has 0 saturated heterocycles. The molecule has 70 valence electrons. The number of aliphatic hydroxyl groups is 1. The molecule has 0 atom stereocenters. The second-order valence-corrected chi connectivity index (χ2v) is 2.84. The van der Waals surface area contributed by atoms with E-state index < -0.39 is 0 Å². The molecule has 0 aromatic rings. The van der Waals surface area contributed by atoms with Gasteiger partial charge in [0, 0.05) is 18.6 Å². The van der Waals surface area contributed by atoms with Gasteiger partial charge in [-0.1, -0.05) is 5.57 Å². The zero-order chi connectivity index (χ0) is 9.56. The van der Waals surface area contributed by atoms with Gasteiger partial charge in [0.2, 0.25) is 0 Å². The first-order chi connectivity index (χ1) is 5.59. The van der Waals surface area contributed by atoms with Gasteiger partial charge in [-0.25, -0.2) is 4.79 Å². The predicted molar refractivity (Wildman–Crippen MR) is 46.7 cm³/mol. The summed E-state index contributed by atoms with van der Waals surface area (Å²) in [7, 11) is 0. The second-order valence-electron chi connectivity index (χ2n) is 2.84. The average Bonchev–Trinajstić information content (AvgIpc) is 2.03. The molecule has 0 fully saturated rings. The predicted octanol–water partition coefficient (Wildman–Crippen LogP) is 1.27. The number of allylic oxidation sites excluding steroid dienone is 1. The van der Waals surface area contributed by atoms with Gasteiger partial charge in [0.15, 0.2) is 0 Å². The molecule has 3 heteroatoms. The minimum Gasteiger partial charge on any atom is -0.462 e. The monoisotopic (exact) mass is 172 g/mol. The third kappa shape index (κ3) is 4.13. The molecule has 0 rings (SSSR count). The van der Waals surface area contributed by atoms with Crippen molar-refractivity contribution in [3.05, 3.63) is 11.1 Å². The normalized spacial score (nSPS) is 9.33. The van der Waals surface area contributed by atoms with E-state index in [1.54, 1.807) is 6.92 Å². The Balaban J connectivity index is 3.81. The lowest BCUT2D eigenvalue weighted by molar-refractivity contribution is -0.139. The minimum atomic E-state index is -0.288. The van der Waals surface area contributed by atoms with E-state index in [1.165, 1.54) is 0 Å². The number of ether oxygens (including phenoxy) is 1. The Labute approximate surface area is 73.0 Å². The second kappa shape index (κ2) is 5.77. The van der Waals surface area contributed by atoms with Gasteiger partial charge in [0.05, 0.1) is 6.61 Å². The van der Waals surface area contributed by atoms with Gasteiger partial charge in [0.25, 0.3) is 0 Å². The van der Waals surface area contributed by atoms with Crippen molar-refractivity contribution in [2.24, 2.45) is 0 Å². The van der Waals surface area contributed by atoms with Crippen molar-refractivity contribution in [1.29, 1.82) is 0 Å². The summed E-state index contributed by atoms with van der Waals surface area (Å²) in [6.07, 6.45) is 0.502. The Kier molecular flexibility index (Phi) is 5.37. The molecule has 0 aliphatic heterocycles. The molecule has 3 nitrogen and oxygen atoms in total. The van der Waals surface area contributed by atoms with Gasteiger partial charge in [0.1, 0.15) is 0 Å². The maximum atomic E-state index is 11.1. The SMILES string of the molecule is CC(C)=C(C)C(=O)OCCCO. The standard InChI is InChI=1S/C9H16O3/c1-7(2)8(3)9(11)12-6-4-5-10/h10H,4-6H2,1-3H3. The van der Waals surface area contributed by atoms with E-state index >= 15 is 0 Å². The maximum Gasteiger partial charge on any atom is 0.333 e. The summed E-state index contributed by atoms with van der Waals surface area (Å²) in [5.74, 6) is -0.288. The van der Waals surface area contributed by atoms with E-state index in [4.69, 9.17) is 9.84 Å². The van der Waals surface area contributed by atoms with Gasteiger partial charge in [-0.3, -0.25) is 0 Å². The Morgan fingerprint density at radius 2 is 1.92 bits per heavy atom. The number of esters is 1. The van der Waals surface area contributed by atoms with Crippen molar-refractivity contribution in [1.82, 2.24) is 0 Å². The van der Waals surface area contributed by atoms with Crippen molar-refractivity contribution in [3.63, 3.8) is 0 Å². The van der Waals surface area contributed by atoms with Crippen LogP contribution in [0.2, 0.25) is 0 Å². The summed E-state index contributed by atoms with van der Waals surface area (Å²) in [6, 6.07) is 0. The Morgan fingerprint density at radius 3 is 2.33 bits per heavy atom. The number of rotatable bonds is 4. The van der Waals surface area contributed by atoms with Crippen molar-refractivity contribution >= 4 is 5.97 Å². The molecule has 0 spiro atoms. The highest BCUT2D eigenvalue weighted by Gasteiger charge is 2.05. The average molecular weight is 172 g/mol.